The average Bonchev–Trinajstić information content (AvgIpc) is 1.75. The molecule has 0 spiro atoms. The Balaban J connectivity index is 0.000000259. The van der Waals surface area contributed by atoms with Gasteiger partial charge in [0, 0.05) is 0 Å². The summed E-state index contributed by atoms with van der Waals surface area (Å²) in [5.41, 5.74) is 5.86. The van der Waals surface area contributed by atoms with Crippen LogP contribution in [0.4, 0.5) is 0 Å². The van der Waals surface area contributed by atoms with E-state index in [0.717, 1.165) is 12.0 Å². The summed E-state index contributed by atoms with van der Waals surface area (Å²) in [6.45, 7) is 54.5. The molecule has 12 nitrogen and oxygen atoms in total. The van der Waals surface area contributed by atoms with Crippen LogP contribution in [0.15, 0.2) is 24.6 Å². The third-order valence-corrected chi connectivity index (χ3v) is 49.6. The molecule has 12 fully saturated rings. The predicted octanol–water partition coefficient (Wildman–Crippen LogP) is 16.9. The Morgan fingerprint density at radius 3 is 0.577 bits per heavy atom. The maximum Gasteiger partial charge on any atom is 1.00 e. The van der Waals surface area contributed by atoms with Gasteiger partial charge in [-0.2, -0.15) is 6.42 Å². The smallest absolute Gasteiger partial charge is 0.358 e. The second kappa shape index (κ2) is 61.4. The van der Waals surface area contributed by atoms with E-state index in [2.05, 4.69) is 114 Å². The minimum absolute atomic E-state index is 0. The molecular weight excluding hydrogens is 1410 g/mol. The number of nitrogens with zero attached hydrogens (tertiary/aromatic N) is 12. The van der Waals surface area contributed by atoms with Crippen molar-refractivity contribution in [3.8, 4) is 0 Å². The topological polar surface area (TPSA) is 38.9 Å². The zero-order valence-corrected chi connectivity index (χ0v) is 80.2. The Kier molecular flexibility index (Phi) is 56.7. The summed E-state index contributed by atoms with van der Waals surface area (Å²) in [4.78, 5) is 0. The quantitative estimate of drug-likeness (QED) is 0.0525. The molecule has 12 heterocycles. The summed E-state index contributed by atoms with van der Waals surface area (Å²) in [5.74, 6) is 0. The number of rotatable bonds is 24. The number of hydrogen-bond donors (Lipinski definition) is 0. The third-order valence-electron chi connectivity index (χ3n) is 28.9. The van der Waals surface area contributed by atoms with Crippen LogP contribution in [0.2, 0.25) is 11.6 Å². The van der Waals surface area contributed by atoms with Crippen molar-refractivity contribution in [2.45, 2.75) is 405 Å². The van der Waals surface area contributed by atoms with Crippen LogP contribution in [0, 0.1) is 14.4 Å². The van der Waals surface area contributed by atoms with Crippen molar-refractivity contribution < 1.29 is 37.7 Å². The molecule has 0 N–H and O–H groups in total. The Bertz CT molecular complexity index is 1900. The van der Waals surface area contributed by atoms with Crippen LogP contribution in [0.3, 0.4) is 0 Å². The van der Waals surface area contributed by atoms with Crippen LogP contribution >= 0.6 is 0 Å². The minimum Gasteiger partial charge on any atom is -0.358 e. The van der Waals surface area contributed by atoms with Crippen LogP contribution in [0.5, 0.6) is 0 Å². The van der Waals surface area contributed by atoms with Crippen LogP contribution in [0.25, 0.3) is 0 Å². The first kappa shape index (κ1) is 103. The van der Waals surface area contributed by atoms with E-state index in [1.165, 1.54) is 523 Å². The molecule has 111 heavy (non-hydrogen) atoms. The molecule has 0 amide bonds. The van der Waals surface area contributed by atoms with Crippen molar-refractivity contribution in [2.24, 2.45) is 0 Å². The monoisotopic (exact) mass is 1600 g/mol. The zero-order chi connectivity index (χ0) is 75.9. The fraction of sp³-hybridized carbons (Fsp3) is 0.935. The first-order chi connectivity index (χ1) is 53.4. The fourth-order valence-electron chi connectivity index (χ4n) is 23.0. The Labute approximate surface area is 722 Å². The molecule has 12 saturated heterocycles. The maximum absolute atomic E-state index is 4.49. The maximum atomic E-state index is 4.49. The molecular formula is C93H188Li2N12Si4. The molecule has 0 radical (unpaired) electrons. The van der Waals surface area contributed by atoms with Crippen molar-refractivity contribution in [3.63, 3.8) is 0 Å². The molecule has 1 unspecified atom stereocenters. The zero-order valence-electron chi connectivity index (χ0n) is 76.2. The van der Waals surface area contributed by atoms with Gasteiger partial charge < -0.3 is 14.4 Å². The Morgan fingerprint density at radius 1 is 0.252 bits per heavy atom. The molecule has 0 bridgehead atoms. The summed E-state index contributed by atoms with van der Waals surface area (Å²) in [7, 11) is -7.38. The van der Waals surface area contributed by atoms with Crippen molar-refractivity contribution in [3.05, 3.63) is 38.9 Å². The summed E-state index contributed by atoms with van der Waals surface area (Å²) < 4.78 is 36.6. The van der Waals surface area contributed by atoms with E-state index in [0.29, 0.717) is 0 Å². The van der Waals surface area contributed by atoms with Gasteiger partial charge >= 0.3 is 54.8 Å². The van der Waals surface area contributed by atoms with Gasteiger partial charge in [-0.1, -0.05) is 238 Å². The van der Waals surface area contributed by atoms with Gasteiger partial charge in [0.25, 0.3) is 17.1 Å². The Morgan fingerprint density at radius 2 is 0.423 bits per heavy atom. The van der Waals surface area contributed by atoms with E-state index >= 15 is 0 Å². The largest absolute Gasteiger partial charge is 1.00 e. The number of hydrogen-bond acceptors (Lipinski definition) is 12. The number of unbranched alkanes of at least 4 members (excludes halogenated alkanes) is 4. The minimum atomic E-state index is -1.90. The molecule has 0 aliphatic carbocycles. The van der Waals surface area contributed by atoms with Gasteiger partial charge in [-0.05, 0) is 329 Å². The van der Waals surface area contributed by atoms with Crippen LogP contribution in [-0.2, 0) is 0 Å². The summed E-state index contributed by atoms with van der Waals surface area (Å²) >= 11 is 0. The summed E-state index contributed by atoms with van der Waals surface area (Å²) in [6.07, 6.45) is 81.0. The molecule has 0 saturated carbocycles. The molecule has 0 aromatic rings. The standard InChI is InChI=1S/C26H53N3Si.C22H45N3Si.2C20H39N3Si.C4H9.CH3.2Li/c1-3-5-12-19-26(4-2)30(27-20-13-6-7-14-21-27,28-22-15-8-9-16-23-28)29-24-17-10-11-18-25-29;1-2-3-22-26(23-16-10-4-5-11-17-23,24-18-12-6-7-13-19-24)25-20-14-8-9-15-21-25;2*1-2-24(21-15-9-3-4-10-16-21,22-17-11-5-6-12-18-22)23-19-13-7-8-14-20-23;1-3-4-2;;;/h26H,3-25H2,1-2H3;2-22H2,1H3;2*2H,1,3-20H2;1,3-4H2,2H3;1H3;;/q;;;;2*-1;2*+1. The molecule has 1 atom stereocenters. The summed E-state index contributed by atoms with van der Waals surface area (Å²) in [6, 6.07) is 1.50. The molecule has 12 aliphatic heterocycles. The van der Waals surface area contributed by atoms with Crippen LogP contribution in [0.1, 0.15) is 394 Å². The van der Waals surface area contributed by atoms with Crippen LogP contribution in [-0.4, -0.2) is 246 Å². The van der Waals surface area contributed by atoms with Gasteiger partial charge in [-0.3, -0.25) is 54.8 Å². The van der Waals surface area contributed by atoms with Gasteiger partial charge in [-0.15, -0.1) is 13.2 Å². The first-order valence-electron chi connectivity index (χ1n) is 49.5. The second-order valence-corrected chi connectivity index (χ2v) is 52.0. The van der Waals surface area contributed by atoms with Crippen molar-refractivity contribution in [2.75, 3.05) is 157 Å². The van der Waals surface area contributed by atoms with Crippen LogP contribution < -0.4 is 37.7 Å². The molecule has 638 valence electrons. The van der Waals surface area contributed by atoms with E-state index in [9.17, 15) is 0 Å². The molecule has 12 rings (SSSR count). The predicted molar refractivity (Wildman–Crippen MR) is 488 cm³/mol. The molecule has 18 heteroatoms. The molecule has 12 aliphatic rings. The normalized spacial score (nSPS) is 25.0. The average molecular weight is 1600 g/mol. The van der Waals surface area contributed by atoms with Gasteiger partial charge in [0.05, 0.1) is 0 Å². The van der Waals surface area contributed by atoms with Crippen molar-refractivity contribution in [1.29, 1.82) is 0 Å². The van der Waals surface area contributed by atoms with E-state index in [4.69, 9.17) is 0 Å². The fourth-order valence-corrected chi connectivity index (χ4v) is 45.7. The first-order valence-corrected chi connectivity index (χ1v) is 57.3. The van der Waals surface area contributed by atoms with E-state index in [1.807, 2.05) is 0 Å². The third kappa shape index (κ3) is 31.1. The van der Waals surface area contributed by atoms with Crippen molar-refractivity contribution in [1.82, 2.24) is 54.8 Å². The molecule has 0 aromatic heterocycles. The van der Waals surface area contributed by atoms with Crippen molar-refractivity contribution >= 4 is 34.2 Å². The van der Waals surface area contributed by atoms with E-state index in [-0.39, 0.29) is 45.1 Å². The van der Waals surface area contributed by atoms with Gasteiger partial charge in [0.1, 0.15) is 0 Å². The SMILES string of the molecule is C=C[Si](N1CCCCCC1)(N1CCCCCC1)N1CCCCCC1.C=C[Si](N1CCCCCC1)(N1CCCCCC1)N1CCCCCC1.CCCCCC(CC)[Si](N1CCCCCC1)(N1CCCCCC1)N1CCCCCC1.CCCC[Si](N1CCCCCC1)(N1CCCCCC1)N1CCCCCC1.[CH2-]CCC.[CH3-].[Li+].[Li+]. The van der Waals surface area contributed by atoms with Gasteiger partial charge in [0.15, 0.2) is 0 Å². The van der Waals surface area contributed by atoms with Gasteiger partial charge in [0.2, 0.25) is 0 Å². The summed E-state index contributed by atoms with van der Waals surface area (Å²) in [5, 5.41) is 0. The van der Waals surface area contributed by atoms with E-state index < -0.39 is 34.2 Å². The van der Waals surface area contributed by atoms with Gasteiger partial charge in [-0.25, -0.2) is 0 Å². The van der Waals surface area contributed by atoms with E-state index in [1.54, 1.807) is 0 Å². The second-order valence-electron chi connectivity index (χ2n) is 36.6. The Hall–Kier alpha value is 1.06. The molecule has 0 aromatic carbocycles.